The number of rotatable bonds is 15. The second-order valence-corrected chi connectivity index (χ2v) is 8.11. The highest BCUT2D eigenvalue weighted by molar-refractivity contribution is 7.80. The first kappa shape index (κ1) is 20.4. The minimum Gasteiger partial charge on any atom is -0.374 e. The highest BCUT2D eigenvalue weighted by Gasteiger charge is 2.39. The van der Waals surface area contributed by atoms with Crippen molar-refractivity contribution in [1.29, 1.82) is 0 Å². The Kier molecular flexibility index (Phi) is 14.7. The van der Waals surface area contributed by atoms with Gasteiger partial charge in [0.1, 0.15) is 0 Å². The Morgan fingerprint density at radius 3 is 1.45 bits per heavy atom. The summed E-state index contributed by atoms with van der Waals surface area (Å²) in [4.78, 5) is 0. The number of unbranched alkanes of at least 4 members (excludes halogenated alkanes) is 6. The largest absolute Gasteiger partial charge is 0.500 e. The van der Waals surface area contributed by atoms with Crippen molar-refractivity contribution >= 4 is 21.4 Å². The summed E-state index contributed by atoms with van der Waals surface area (Å²) in [6.07, 6.45) is 8.95. The third-order valence-corrected chi connectivity index (χ3v) is 6.70. The second-order valence-electron chi connectivity index (χ2n) is 4.93. The molecule has 0 unspecified atom stereocenters. The molecule has 0 heterocycles. The van der Waals surface area contributed by atoms with E-state index in [0.29, 0.717) is 19.8 Å². The van der Waals surface area contributed by atoms with Crippen molar-refractivity contribution < 1.29 is 13.3 Å². The zero-order valence-corrected chi connectivity index (χ0v) is 15.6. The summed E-state index contributed by atoms with van der Waals surface area (Å²) in [5.41, 5.74) is 0. The minimum absolute atomic E-state index is 0.677. The minimum atomic E-state index is -2.39. The summed E-state index contributed by atoms with van der Waals surface area (Å²) < 4.78 is 17.6. The predicted octanol–water partition coefficient (Wildman–Crippen LogP) is 4.70. The fourth-order valence-electron chi connectivity index (χ4n) is 2.34. The zero-order chi connectivity index (χ0) is 15.1. The molecule has 0 bridgehead atoms. The fourth-order valence-corrected chi connectivity index (χ4v) is 5.25. The van der Waals surface area contributed by atoms with Crippen LogP contribution in [0.5, 0.6) is 0 Å². The van der Waals surface area contributed by atoms with Gasteiger partial charge in [0.15, 0.2) is 0 Å². The molecule has 0 spiro atoms. The van der Waals surface area contributed by atoms with E-state index in [1.807, 2.05) is 20.8 Å². The standard InChI is InChI=1S/C15H34O3SSi/c1-4-16-20(17-5-2,18-6-3)15-13-11-9-7-8-10-12-14-19/h19H,4-15H2,1-3H3. The first-order valence-electron chi connectivity index (χ1n) is 8.27. The fraction of sp³-hybridized carbons (Fsp3) is 1.00. The van der Waals surface area contributed by atoms with E-state index in [2.05, 4.69) is 12.6 Å². The Bertz CT molecular complexity index is 189. The summed E-state index contributed by atoms with van der Waals surface area (Å²) in [7, 11) is -2.39. The Morgan fingerprint density at radius 2 is 1.05 bits per heavy atom. The highest BCUT2D eigenvalue weighted by Crippen LogP contribution is 2.20. The topological polar surface area (TPSA) is 27.7 Å². The molecule has 0 radical (unpaired) electrons. The van der Waals surface area contributed by atoms with Crippen LogP contribution in [0.3, 0.4) is 0 Å². The molecule has 0 atom stereocenters. The average Bonchev–Trinajstić information content (AvgIpc) is 2.43. The van der Waals surface area contributed by atoms with Gasteiger partial charge in [0.2, 0.25) is 0 Å². The molecule has 0 aromatic carbocycles. The Labute approximate surface area is 132 Å². The van der Waals surface area contributed by atoms with E-state index >= 15 is 0 Å². The van der Waals surface area contributed by atoms with Crippen molar-refractivity contribution in [3.8, 4) is 0 Å². The average molecular weight is 323 g/mol. The van der Waals surface area contributed by atoms with Crippen LogP contribution in [0.1, 0.15) is 65.7 Å². The van der Waals surface area contributed by atoms with E-state index in [1.54, 1.807) is 0 Å². The van der Waals surface area contributed by atoms with Gasteiger partial charge in [0, 0.05) is 25.9 Å². The van der Waals surface area contributed by atoms with Gasteiger partial charge < -0.3 is 13.3 Å². The molecule has 0 aromatic rings. The van der Waals surface area contributed by atoms with Crippen molar-refractivity contribution in [2.75, 3.05) is 25.6 Å². The van der Waals surface area contributed by atoms with Crippen LogP contribution in [-0.2, 0) is 13.3 Å². The molecule has 5 heteroatoms. The molecule has 20 heavy (non-hydrogen) atoms. The summed E-state index contributed by atoms with van der Waals surface area (Å²) in [5.74, 6) is 1.02. The van der Waals surface area contributed by atoms with Gasteiger partial charge in [-0.05, 0) is 39.4 Å². The lowest BCUT2D eigenvalue weighted by molar-refractivity contribution is 0.0706. The SMILES string of the molecule is CCO[Si](CCCCCCCCCS)(OCC)OCC. The van der Waals surface area contributed by atoms with Crippen molar-refractivity contribution in [3.05, 3.63) is 0 Å². The van der Waals surface area contributed by atoms with Gasteiger partial charge in [-0.2, -0.15) is 12.6 Å². The van der Waals surface area contributed by atoms with Gasteiger partial charge in [-0.1, -0.05) is 32.1 Å². The first-order chi connectivity index (χ1) is 9.74. The Hall–Kier alpha value is 0.447. The second kappa shape index (κ2) is 14.4. The van der Waals surface area contributed by atoms with Crippen LogP contribution in [0.25, 0.3) is 0 Å². The zero-order valence-electron chi connectivity index (χ0n) is 13.7. The molecule has 3 nitrogen and oxygen atoms in total. The maximum atomic E-state index is 5.86. The van der Waals surface area contributed by atoms with Crippen LogP contribution in [0.4, 0.5) is 0 Å². The first-order valence-corrected chi connectivity index (χ1v) is 10.8. The molecule has 0 aromatic heterocycles. The van der Waals surface area contributed by atoms with Crippen molar-refractivity contribution in [1.82, 2.24) is 0 Å². The van der Waals surface area contributed by atoms with Crippen LogP contribution in [0.2, 0.25) is 6.04 Å². The molecule has 0 aliphatic carbocycles. The lowest BCUT2D eigenvalue weighted by Gasteiger charge is -2.28. The van der Waals surface area contributed by atoms with Crippen LogP contribution in [0.15, 0.2) is 0 Å². The number of hydrogen-bond donors (Lipinski definition) is 1. The lowest BCUT2D eigenvalue weighted by Crippen LogP contribution is -2.45. The molecule has 0 rings (SSSR count). The Balaban J connectivity index is 3.82. The smallest absolute Gasteiger partial charge is 0.374 e. The third kappa shape index (κ3) is 10.2. The maximum absolute atomic E-state index is 5.86. The van der Waals surface area contributed by atoms with Crippen LogP contribution in [-0.4, -0.2) is 34.4 Å². The van der Waals surface area contributed by atoms with Gasteiger partial charge in [0.25, 0.3) is 0 Å². The third-order valence-electron chi connectivity index (χ3n) is 3.23. The Morgan fingerprint density at radius 1 is 0.650 bits per heavy atom. The maximum Gasteiger partial charge on any atom is 0.500 e. The molecule has 0 aliphatic rings. The van der Waals surface area contributed by atoms with Crippen molar-refractivity contribution in [2.45, 2.75) is 71.8 Å². The molecular weight excluding hydrogens is 288 g/mol. The summed E-state index contributed by atoms with van der Waals surface area (Å²) in [6.45, 7) is 8.07. The number of thiol groups is 1. The lowest BCUT2D eigenvalue weighted by atomic mass is 10.1. The number of hydrogen-bond acceptors (Lipinski definition) is 4. The normalized spacial score (nSPS) is 12.0. The van der Waals surface area contributed by atoms with Gasteiger partial charge in [-0.25, -0.2) is 0 Å². The molecule has 0 N–H and O–H groups in total. The van der Waals surface area contributed by atoms with E-state index in [-0.39, 0.29) is 0 Å². The van der Waals surface area contributed by atoms with Crippen molar-refractivity contribution in [3.63, 3.8) is 0 Å². The van der Waals surface area contributed by atoms with Gasteiger partial charge in [-0.3, -0.25) is 0 Å². The molecular formula is C15H34O3SSi. The molecule has 0 fully saturated rings. The molecule has 0 saturated carbocycles. The van der Waals surface area contributed by atoms with Crippen LogP contribution in [0, 0.1) is 0 Å². The van der Waals surface area contributed by atoms with E-state index < -0.39 is 8.80 Å². The molecule has 122 valence electrons. The van der Waals surface area contributed by atoms with Gasteiger partial charge >= 0.3 is 8.80 Å². The van der Waals surface area contributed by atoms with E-state index in [4.69, 9.17) is 13.3 Å². The van der Waals surface area contributed by atoms with Crippen LogP contribution >= 0.6 is 12.6 Å². The van der Waals surface area contributed by atoms with Crippen LogP contribution < -0.4 is 0 Å². The summed E-state index contributed by atoms with van der Waals surface area (Å²) >= 11 is 4.23. The molecule has 0 amide bonds. The van der Waals surface area contributed by atoms with Crippen molar-refractivity contribution in [2.24, 2.45) is 0 Å². The molecule has 0 aliphatic heterocycles. The monoisotopic (exact) mass is 322 g/mol. The predicted molar refractivity (Wildman–Crippen MR) is 91.6 cm³/mol. The van der Waals surface area contributed by atoms with E-state index in [9.17, 15) is 0 Å². The van der Waals surface area contributed by atoms with Gasteiger partial charge in [-0.15, -0.1) is 0 Å². The van der Waals surface area contributed by atoms with E-state index in [0.717, 1.165) is 18.2 Å². The summed E-state index contributed by atoms with van der Waals surface area (Å²) in [5, 5.41) is 0. The summed E-state index contributed by atoms with van der Waals surface area (Å²) in [6, 6.07) is 0.958. The molecule has 0 saturated heterocycles. The highest BCUT2D eigenvalue weighted by atomic mass is 32.1. The quantitative estimate of drug-likeness (QED) is 0.269. The van der Waals surface area contributed by atoms with E-state index in [1.165, 1.54) is 38.5 Å². The van der Waals surface area contributed by atoms with Gasteiger partial charge in [0.05, 0.1) is 0 Å².